The molecule has 6 heteroatoms. The first kappa shape index (κ1) is 16.0. The summed E-state index contributed by atoms with van der Waals surface area (Å²) < 4.78 is 0. The monoisotopic (exact) mass is 338 g/mol. The van der Waals surface area contributed by atoms with Crippen LogP contribution < -0.4 is 10.2 Å². The number of halogens is 1. The largest absolute Gasteiger partial charge is 0.338 e. The van der Waals surface area contributed by atoms with Crippen molar-refractivity contribution in [3.05, 3.63) is 77.4 Å². The molecule has 24 heavy (non-hydrogen) atoms. The minimum absolute atomic E-state index is 0.224. The average molecular weight is 339 g/mol. The van der Waals surface area contributed by atoms with Crippen molar-refractivity contribution < 1.29 is 4.79 Å². The lowest BCUT2D eigenvalue weighted by Crippen LogP contribution is -2.27. The summed E-state index contributed by atoms with van der Waals surface area (Å²) in [4.78, 5) is 14.0. The number of hydrogen-bond donors (Lipinski definition) is 1. The Morgan fingerprint density at radius 2 is 1.67 bits per heavy atom. The Kier molecular flexibility index (Phi) is 4.72. The number of nitrogens with one attached hydrogen (secondary N) is 1. The van der Waals surface area contributed by atoms with Crippen LogP contribution in [0, 0.1) is 0 Å². The smallest absolute Gasteiger partial charge is 0.278 e. The molecule has 0 aliphatic heterocycles. The zero-order valence-corrected chi connectivity index (χ0v) is 13.7. The summed E-state index contributed by atoms with van der Waals surface area (Å²) >= 11 is 6.09. The highest BCUT2D eigenvalue weighted by Crippen LogP contribution is 2.23. The van der Waals surface area contributed by atoms with E-state index < -0.39 is 0 Å². The van der Waals surface area contributed by atoms with Crippen LogP contribution in [0.25, 0.3) is 0 Å². The number of aromatic nitrogens is 2. The quantitative estimate of drug-likeness (QED) is 0.776. The molecule has 0 aliphatic rings. The number of nitrogens with zero attached hydrogens (tertiary/aromatic N) is 3. The molecule has 5 nitrogen and oxygen atoms in total. The fourth-order valence-corrected chi connectivity index (χ4v) is 2.34. The zero-order valence-electron chi connectivity index (χ0n) is 13.0. The van der Waals surface area contributed by atoms with Crippen LogP contribution in [0.5, 0.6) is 0 Å². The Morgan fingerprint density at radius 1 is 0.958 bits per heavy atom. The standard InChI is InChI=1S/C18H15ClN4O/c1-23(13-7-3-2-4-8-13)18(24)16-11-12-17(22-21-16)20-15-10-6-5-9-14(15)19/h2-12H,1H3,(H,20,22). The van der Waals surface area contributed by atoms with Crippen molar-refractivity contribution in [2.45, 2.75) is 0 Å². The first-order valence-electron chi connectivity index (χ1n) is 7.33. The molecule has 0 saturated carbocycles. The Morgan fingerprint density at radius 3 is 2.33 bits per heavy atom. The van der Waals surface area contributed by atoms with E-state index in [1.54, 1.807) is 25.2 Å². The molecule has 0 bridgehead atoms. The van der Waals surface area contributed by atoms with Gasteiger partial charge in [-0.15, -0.1) is 10.2 Å². The lowest BCUT2D eigenvalue weighted by molar-refractivity contribution is 0.0987. The summed E-state index contributed by atoms with van der Waals surface area (Å²) in [7, 11) is 1.70. The Bertz CT molecular complexity index is 837. The molecule has 0 unspecified atom stereocenters. The van der Waals surface area contributed by atoms with Crippen LogP contribution in [0.2, 0.25) is 5.02 Å². The molecule has 0 radical (unpaired) electrons. The number of anilines is 3. The van der Waals surface area contributed by atoms with Gasteiger partial charge in [0.2, 0.25) is 0 Å². The van der Waals surface area contributed by atoms with Crippen LogP contribution in [0.15, 0.2) is 66.7 Å². The Balaban J connectivity index is 1.75. The van der Waals surface area contributed by atoms with Crippen molar-refractivity contribution in [3.63, 3.8) is 0 Å². The normalized spacial score (nSPS) is 10.2. The molecular weight excluding hydrogens is 324 g/mol. The molecule has 2 aromatic carbocycles. The van der Waals surface area contributed by atoms with E-state index in [1.807, 2.05) is 48.5 Å². The van der Waals surface area contributed by atoms with Gasteiger partial charge in [-0.1, -0.05) is 41.9 Å². The Hall–Kier alpha value is -2.92. The molecule has 0 atom stereocenters. The number of benzene rings is 2. The third-order valence-electron chi connectivity index (χ3n) is 3.47. The second kappa shape index (κ2) is 7.10. The van der Waals surface area contributed by atoms with Gasteiger partial charge in [0.25, 0.3) is 5.91 Å². The summed E-state index contributed by atoms with van der Waals surface area (Å²) in [5.41, 5.74) is 1.79. The number of amides is 1. The number of carbonyl (C=O) groups is 1. The van der Waals surface area contributed by atoms with Gasteiger partial charge in [-0.25, -0.2) is 0 Å². The van der Waals surface area contributed by atoms with E-state index in [2.05, 4.69) is 15.5 Å². The van der Waals surface area contributed by atoms with E-state index in [0.717, 1.165) is 11.4 Å². The minimum atomic E-state index is -0.224. The number of para-hydroxylation sites is 2. The summed E-state index contributed by atoms with van der Waals surface area (Å²) in [6.45, 7) is 0. The maximum atomic E-state index is 12.5. The molecule has 3 rings (SSSR count). The maximum Gasteiger partial charge on any atom is 0.278 e. The molecule has 0 spiro atoms. The lowest BCUT2D eigenvalue weighted by Gasteiger charge is -2.16. The number of rotatable bonds is 4. The molecule has 120 valence electrons. The van der Waals surface area contributed by atoms with Gasteiger partial charge in [-0.2, -0.15) is 0 Å². The summed E-state index contributed by atoms with van der Waals surface area (Å²) in [5, 5.41) is 11.7. The lowest BCUT2D eigenvalue weighted by atomic mass is 10.2. The third kappa shape index (κ3) is 3.52. The van der Waals surface area contributed by atoms with Crippen molar-refractivity contribution in [2.75, 3.05) is 17.3 Å². The van der Waals surface area contributed by atoms with Crippen molar-refractivity contribution >= 4 is 34.7 Å². The van der Waals surface area contributed by atoms with Gasteiger partial charge in [-0.3, -0.25) is 4.79 Å². The second-order valence-corrected chi connectivity index (χ2v) is 5.52. The molecule has 0 saturated heterocycles. The van der Waals surface area contributed by atoms with E-state index in [-0.39, 0.29) is 11.6 Å². The molecule has 1 aromatic heterocycles. The average Bonchev–Trinajstić information content (AvgIpc) is 2.64. The van der Waals surface area contributed by atoms with Crippen LogP contribution in [-0.4, -0.2) is 23.2 Å². The van der Waals surface area contributed by atoms with Crippen molar-refractivity contribution in [3.8, 4) is 0 Å². The molecule has 3 aromatic rings. The second-order valence-electron chi connectivity index (χ2n) is 5.11. The zero-order chi connectivity index (χ0) is 16.9. The molecule has 1 heterocycles. The summed E-state index contributed by atoms with van der Waals surface area (Å²) in [6, 6.07) is 20.0. The highest BCUT2D eigenvalue weighted by molar-refractivity contribution is 6.33. The first-order chi connectivity index (χ1) is 11.6. The molecular formula is C18H15ClN4O. The molecule has 0 fully saturated rings. The van der Waals surface area contributed by atoms with Gasteiger partial charge < -0.3 is 10.2 Å². The van der Waals surface area contributed by atoms with Crippen LogP contribution in [-0.2, 0) is 0 Å². The van der Waals surface area contributed by atoms with Crippen LogP contribution in [0.3, 0.4) is 0 Å². The first-order valence-corrected chi connectivity index (χ1v) is 7.71. The molecule has 1 N–H and O–H groups in total. The maximum absolute atomic E-state index is 12.5. The van der Waals surface area contributed by atoms with E-state index in [9.17, 15) is 4.79 Å². The van der Waals surface area contributed by atoms with Gasteiger partial charge in [0.15, 0.2) is 11.5 Å². The molecule has 1 amide bonds. The van der Waals surface area contributed by atoms with Gasteiger partial charge in [0.1, 0.15) is 0 Å². The fraction of sp³-hybridized carbons (Fsp3) is 0.0556. The predicted octanol–water partition coefficient (Wildman–Crippen LogP) is 4.15. The van der Waals surface area contributed by atoms with E-state index in [4.69, 9.17) is 11.6 Å². The minimum Gasteiger partial charge on any atom is -0.338 e. The SMILES string of the molecule is CN(C(=O)c1ccc(Nc2ccccc2Cl)nn1)c1ccccc1. The highest BCUT2D eigenvalue weighted by Gasteiger charge is 2.15. The highest BCUT2D eigenvalue weighted by atomic mass is 35.5. The van der Waals surface area contributed by atoms with Crippen LogP contribution in [0.1, 0.15) is 10.5 Å². The Labute approximate surface area is 144 Å². The summed E-state index contributed by atoms with van der Waals surface area (Å²) in [6.07, 6.45) is 0. The van der Waals surface area contributed by atoms with Crippen LogP contribution in [0.4, 0.5) is 17.2 Å². The fourth-order valence-electron chi connectivity index (χ4n) is 2.15. The number of carbonyl (C=O) groups excluding carboxylic acids is 1. The topological polar surface area (TPSA) is 58.1 Å². The van der Waals surface area contributed by atoms with Gasteiger partial charge >= 0.3 is 0 Å². The van der Waals surface area contributed by atoms with Gasteiger partial charge in [-0.05, 0) is 36.4 Å². The molecule has 0 aliphatic carbocycles. The predicted molar refractivity (Wildman–Crippen MR) is 95.9 cm³/mol. The van der Waals surface area contributed by atoms with E-state index in [1.165, 1.54) is 4.90 Å². The van der Waals surface area contributed by atoms with Crippen LogP contribution >= 0.6 is 11.6 Å². The van der Waals surface area contributed by atoms with Gasteiger partial charge in [0, 0.05) is 12.7 Å². The van der Waals surface area contributed by atoms with E-state index in [0.29, 0.717) is 10.8 Å². The van der Waals surface area contributed by atoms with Crippen molar-refractivity contribution in [1.82, 2.24) is 10.2 Å². The van der Waals surface area contributed by atoms with Crippen molar-refractivity contribution in [2.24, 2.45) is 0 Å². The third-order valence-corrected chi connectivity index (χ3v) is 3.80. The van der Waals surface area contributed by atoms with Gasteiger partial charge in [0.05, 0.1) is 10.7 Å². The van der Waals surface area contributed by atoms with Crippen molar-refractivity contribution in [1.29, 1.82) is 0 Å². The van der Waals surface area contributed by atoms with E-state index >= 15 is 0 Å². The summed E-state index contributed by atoms with van der Waals surface area (Å²) in [5.74, 6) is 0.292. The number of hydrogen-bond acceptors (Lipinski definition) is 4.